The predicted octanol–water partition coefficient (Wildman–Crippen LogP) is 2.69. The van der Waals surface area contributed by atoms with E-state index in [1.165, 1.54) is 6.07 Å². The van der Waals surface area contributed by atoms with Crippen LogP contribution in [0.15, 0.2) is 18.2 Å². The topological polar surface area (TPSA) is 24.1 Å². The molecule has 0 unspecified atom stereocenters. The number of halogens is 2. The van der Waals surface area contributed by atoms with Crippen LogP contribution in [0.3, 0.4) is 0 Å². The third kappa shape index (κ3) is 5.56. The summed E-state index contributed by atoms with van der Waals surface area (Å²) in [5.41, 5.74) is 0.380. The molecule has 4 heteroatoms. The summed E-state index contributed by atoms with van der Waals surface area (Å²) in [4.78, 5) is 0. The van der Waals surface area contributed by atoms with Crippen LogP contribution >= 0.6 is 0 Å². The lowest BCUT2D eigenvalue weighted by molar-refractivity contribution is 0.489. The Kier molecular flexibility index (Phi) is 6.83. The first kappa shape index (κ1) is 15.1. The molecule has 18 heavy (non-hydrogen) atoms. The van der Waals surface area contributed by atoms with Gasteiger partial charge in [0.25, 0.3) is 0 Å². The van der Waals surface area contributed by atoms with Crippen molar-refractivity contribution in [2.24, 2.45) is 5.92 Å². The fraction of sp³-hybridized carbons (Fsp3) is 0.571. The molecule has 1 aromatic rings. The van der Waals surface area contributed by atoms with Gasteiger partial charge >= 0.3 is 0 Å². The van der Waals surface area contributed by atoms with Crippen molar-refractivity contribution < 1.29 is 8.78 Å². The Bertz CT molecular complexity index is 354. The minimum absolute atomic E-state index is 0.369. The van der Waals surface area contributed by atoms with E-state index in [2.05, 4.69) is 24.5 Å². The van der Waals surface area contributed by atoms with Crippen LogP contribution in [0.5, 0.6) is 0 Å². The van der Waals surface area contributed by atoms with Gasteiger partial charge in [-0.2, -0.15) is 0 Å². The Hall–Kier alpha value is -1.00. The van der Waals surface area contributed by atoms with Gasteiger partial charge in [-0.1, -0.05) is 26.0 Å². The van der Waals surface area contributed by atoms with Gasteiger partial charge in [0, 0.05) is 12.1 Å². The van der Waals surface area contributed by atoms with Crippen LogP contribution in [0, 0.1) is 17.6 Å². The molecule has 0 spiro atoms. The molecular weight excluding hydrogens is 234 g/mol. The highest BCUT2D eigenvalue weighted by Crippen LogP contribution is 2.10. The van der Waals surface area contributed by atoms with E-state index in [0.717, 1.165) is 32.1 Å². The van der Waals surface area contributed by atoms with Crippen LogP contribution in [0.25, 0.3) is 0 Å². The van der Waals surface area contributed by atoms with Crippen LogP contribution in [0.2, 0.25) is 0 Å². The van der Waals surface area contributed by atoms with E-state index in [4.69, 9.17) is 0 Å². The summed E-state index contributed by atoms with van der Waals surface area (Å²) in [7, 11) is 0. The summed E-state index contributed by atoms with van der Waals surface area (Å²) in [5, 5.41) is 6.44. The third-order valence-electron chi connectivity index (χ3n) is 2.61. The van der Waals surface area contributed by atoms with Gasteiger partial charge in [-0.3, -0.25) is 0 Å². The van der Waals surface area contributed by atoms with Gasteiger partial charge in [-0.15, -0.1) is 0 Å². The Morgan fingerprint density at radius 2 is 1.83 bits per heavy atom. The van der Waals surface area contributed by atoms with Crippen molar-refractivity contribution in [3.05, 3.63) is 35.4 Å². The zero-order chi connectivity index (χ0) is 13.4. The molecule has 1 aromatic carbocycles. The average Bonchev–Trinajstić information content (AvgIpc) is 2.32. The molecular formula is C14H22F2N2. The molecule has 0 fully saturated rings. The normalized spacial score (nSPS) is 11.2. The van der Waals surface area contributed by atoms with Crippen LogP contribution in [-0.2, 0) is 6.54 Å². The molecule has 0 saturated carbocycles. The molecule has 0 heterocycles. The molecule has 2 nitrogen and oxygen atoms in total. The average molecular weight is 256 g/mol. The van der Waals surface area contributed by atoms with Gasteiger partial charge in [0.05, 0.1) is 0 Å². The standard InChI is InChI=1S/C14H22F2N2/c1-11(2)9-17-7-4-8-18-10-12-5-3-6-13(15)14(12)16/h3,5-6,11,17-18H,4,7-10H2,1-2H3. The molecule has 0 aliphatic heterocycles. The summed E-state index contributed by atoms with van der Waals surface area (Å²) in [6.07, 6.45) is 0.976. The van der Waals surface area contributed by atoms with E-state index in [-0.39, 0.29) is 0 Å². The molecule has 1 rings (SSSR count). The Labute approximate surface area is 108 Å². The van der Waals surface area contributed by atoms with Crippen molar-refractivity contribution in [3.8, 4) is 0 Å². The van der Waals surface area contributed by atoms with Gasteiger partial charge in [0.2, 0.25) is 0 Å². The van der Waals surface area contributed by atoms with E-state index in [1.54, 1.807) is 6.07 Å². The largest absolute Gasteiger partial charge is 0.316 e. The summed E-state index contributed by atoms with van der Waals surface area (Å²) in [6, 6.07) is 4.26. The molecule has 0 aromatic heterocycles. The summed E-state index contributed by atoms with van der Waals surface area (Å²) in [5.74, 6) is -0.879. The first-order valence-electron chi connectivity index (χ1n) is 6.45. The molecule has 0 bridgehead atoms. The predicted molar refractivity (Wildman–Crippen MR) is 70.4 cm³/mol. The number of hydrogen-bond donors (Lipinski definition) is 2. The molecule has 102 valence electrons. The first-order chi connectivity index (χ1) is 8.61. The zero-order valence-electron chi connectivity index (χ0n) is 11.1. The molecule has 0 aliphatic carbocycles. The van der Waals surface area contributed by atoms with E-state index < -0.39 is 11.6 Å². The van der Waals surface area contributed by atoms with Crippen molar-refractivity contribution in [2.45, 2.75) is 26.8 Å². The molecule has 0 radical (unpaired) electrons. The number of nitrogens with one attached hydrogen (secondary N) is 2. The summed E-state index contributed by atoms with van der Waals surface area (Å²) >= 11 is 0. The lowest BCUT2D eigenvalue weighted by atomic mass is 10.2. The van der Waals surface area contributed by atoms with Crippen molar-refractivity contribution in [1.82, 2.24) is 10.6 Å². The Morgan fingerprint density at radius 1 is 1.11 bits per heavy atom. The highest BCUT2D eigenvalue weighted by molar-refractivity contribution is 5.18. The van der Waals surface area contributed by atoms with Gasteiger partial charge in [0.1, 0.15) is 0 Å². The maximum absolute atomic E-state index is 13.3. The van der Waals surface area contributed by atoms with Crippen molar-refractivity contribution >= 4 is 0 Å². The number of rotatable bonds is 8. The van der Waals surface area contributed by atoms with Crippen molar-refractivity contribution in [1.29, 1.82) is 0 Å². The highest BCUT2D eigenvalue weighted by Gasteiger charge is 2.06. The number of hydrogen-bond acceptors (Lipinski definition) is 2. The quantitative estimate of drug-likeness (QED) is 0.699. The Balaban J connectivity index is 2.13. The summed E-state index contributed by atoms with van der Waals surface area (Å²) in [6.45, 7) is 7.44. The van der Waals surface area contributed by atoms with E-state index in [9.17, 15) is 8.78 Å². The Morgan fingerprint density at radius 3 is 2.56 bits per heavy atom. The monoisotopic (exact) mass is 256 g/mol. The van der Waals surface area contributed by atoms with E-state index >= 15 is 0 Å². The number of benzene rings is 1. The third-order valence-corrected chi connectivity index (χ3v) is 2.61. The molecule has 0 atom stereocenters. The molecule has 0 saturated heterocycles. The molecule has 0 aliphatic rings. The molecule has 2 N–H and O–H groups in total. The zero-order valence-corrected chi connectivity index (χ0v) is 11.1. The SMILES string of the molecule is CC(C)CNCCCNCc1cccc(F)c1F. The van der Waals surface area contributed by atoms with Crippen LogP contribution < -0.4 is 10.6 Å². The first-order valence-corrected chi connectivity index (χ1v) is 6.45. The van der Waals surface area contributed by atoms with Crippen molar-refractivity contribution in [2.75, 3.05) is 19.6 Å². The van der Waals surface area contributed by atoms with Gasteiger partial charge < -0.3 is 10.6 Å². The lowest BCUT2D eigenvalue weighted by Gasteiger charge is -2.08. The van der Waals surface area contributed by atoms with Gasteiger partial charge in [0.15, 0.2) is 11.6 Å². The minimum Gasteiger partial charge on any atom is -0.316 e. The summed E-state index contributed by atoms with van der Waals surface area (Å²) < 4.78 is 26.2. The van der Waals surface area contributed by atoms with Crippen molar-refractivity contribution in [3.63, 3.8) is 0 Å². The van der Waals surface area contributed by atoms with Gasteiger partial charge in [-0.05, 0) is 38.0 Å². The second-order valence-corrected chi connectivity index (χ2v) is 4.84. The minimum atomic E-state index is -0.784. The van der Waals surface area contributed by atoms with Crippen LogP contribution in [0.4, 0.5) is 8.78 Å². The second-order valence-electron chi connectivity index (χ2n) is 4.84. The smallest absolute Gasteiger partial charge is 0.163 e. The fourth-order valence-electron chi connectivity index (χ4n) is 1.64. The van der Waals surface area contributed by atoms with Gasteiger partial charge in [-0.25, -0.2) is 8.78 Å². The molecule has 0 amide bonds. The van der Waals surface area contributed by atoms with E-state index in [0.29, 0.717) is 18.0 Å². The van der Waals surface area contributed by atoms with Crippen LogP contribution in [-0.4, -0.2) is 19.6 Å². The fourth-order valence-corrected chi connectivity index (χ4v) is 1.64. The highest BCUT2D eigenvalue weighted by atomic mass is 19.2. The van der Waals surface area contributed by atoms with Crippen LogP contribution in [0.1, 0.15) is 25.8 Å². The second kappa shape index (κ2) is 8.16. The van der Waals surface area contributed by atoms with E-state index in [1.807, 2.05) is 0 Å². The lowest BCUT2D eigenvalue weighted by Crippen LogP contribution is -2.24. The maximum Gasteiger partial charge on any atom is 0.163 e. The maximum atomic E-state index is 13.3.